The lowest BCUT2D eigenvalue weighted by molar-refractivity contribution is 0.0696. The van der Waals surface area contributed by atoms with E-state index in [-0.39, 0.29) is 10.5 Å². The van der Waals surface area contributed by atoms with Crippen LogP contribution in [-0.4, -0.2) is 36.9 Å². The molecule has 1 aromatic heterocycles. The summed E-state index contributed by atoms with van der Waals surface area (Å²) in [5, 5.41) is 9.23. The van der Waals surface area contributed by atoms with Gasteiger partial charge in [-0.05, 0) is 42.7 Å². The van der Waals surface area contributed by atoms with E-state index in [0.29, 0.717) is 24.2 Å². The van der Waals surface area contributed by atoms with Crippen LogP contribution >= 0.6 is 0 Å². The highest BCUT2D eigenvalue weighted by Gasteiger charge is 2.28. The predicted octanol–water partition coefficient (Wildman–Crippen LogP) is 2.43. The fourth-order valence-electron chi connectivity index (χ4n) is 2.54. The van der Waals surface area contributed by atoms with Crippen molar-refractivity contribution in [1.82, 2.24) is 4.31 Å². The third-order valence-electron chi connectivity index (χ3n) is 3.71. The molecule has 0 bridgehead atoms. The molecule has 0 radical (unpaired) electrons. The van der Waals surface area contributed by atoms with Crippen molar-refractivity contribution in [3.8, 4) is 11.1 Å². The summed E-state index contributed by atoms with van der Waals surface area (Å²) in [5.74, 6) is -1.16. The standard InChI is InChI=1S/C15H15NO5S/c17-15(18)13-7-12(11-3-6-21-10-11)8-14(9-13)22(19,20)16-4-1-2-5-16/h3,6-10H,1-2,4-5H2,(H,17,18). The molecule has 0 amide bonds. The molecule has 22 heavy (non-hydrogen) atoms. The maximum Gasteiger partial charge on any atom is 0.335 e. The molecule has 2 aromatic rings. The van der Waals surface area contributed by atoms with Gasteiger partial charge in [0, 0.05) is 18.7 Å². The SMILES string of the molecule is O=C(O)c1cc(-c2ccoc2)cc(S(=O)(=O)N2CCCC2)c1. The average Bonchev–Trinajstić information content (AvgIpc) is 3.20. The molecule has 2 heterocycles. The van der Waals surface area contributed by atoms with Crippen molar-refractivity contribution in [1.29, 1.82) is 0 Å². The Morgan fingerprint density at radius 2 is 1.86 bits per heavy atom. The number of sulfonamides is 1. The minimum atomic E-state index is -3.67. The second kappa shape index (κ2) is 5.58. The quantitative estimate of drug-likeness (QED) is 0.934. The van der Waals surface area contributed by atoms with E-state index in [4.69, 9.17) is 4.42 Å². The van der Waals surface area contributed by atoms with Gasteiger partial charge >= 0.3 is 5.97 Å². The third kappa shape index (κ3) is 2.65. The van der Waals surface area contributed by atoms with Crippen molar-refractivity contribution in [2.75, 3.05) is 13.1 Å². The van der Waals surface area contributed by atoms with Gasteiger partial charge in [0.2, 0.25) is 10.0 Å². The molecule has 7 heteroatoms. The Labute approximate surface area is 128 Å². The fraction of sp³-hybridized carbons (Fsp3) is 0.267. The number of nitrogens with zero attached hydrogens (tertiary/aromatic N) is 1. The van der Waals surface area contributed by atoms with Gasteiger partial charge in [-0.15, -0.1) is 0 Å². The van der Waals surface area contributed by atoms with Crippen LogP contribution in [0.25, 0.3) is 11.1 Å². The van der Waals surface area contributed by atoms with Gasteiger partial charge < -0.3 is 9.52 Å². The molecule has 1 aromatic carbocycles. The molecular formula is C15H15NO5S. The molecule has 0 unspecified atom stereocenters. The van der Waals surface area contributed by atoms with Crippen LogP contribution in [0.4, 0.5) is 0 Å². The van der Waals surface area contributed by atoms with Crippen molar-refractivity contribution in [3.63, 3.8) is 0 Å². The Hall–Kier alpha value is -2.12. The molecule has 1 fully saturated rings. The Bertz CT molecular complexity index is 789. The molecule has 0 atom stereocenters. The topological polar surface area (TPSA) is 87.8 Å². The second-order valence-electron chi connectivity index (χ2n) is 5.17. The van der Waals surface area contributed by atoms with Crippen LogP contribution in [0.5, 0.6) is 0 Å². The van der Waals surface area contributed by atoms with Crippen LogP contribution < -0.4 is 0 Å². The van der Waals surface area contributed by atoms with Gasteiger partial charge in [0.25, 0.3) is 0 Å². The van der Waals surface area contributed by atoms with Crippen LogP contribution in [-0.2, 0) is 10.0 Å². The Morgan fingerprint density at radius 3 is 2.45 bits per heavy atom. The van der Waals surface area contributed by atoms with Gasteiger partial charge in [-0.25, -0.2) is 13.2 Å². The number of benzene rings is 1. The first-order valence-electron chi connectivity index (χ1n) is 6.89. The highest BCUT2D eigenvalue weighted by molar-refractivity contribution is 7.89. The first kappa shape index (κ1) is 14.8. The zero-order valence-corrected chi connectivity index (χ0v) is 12.5. The molecule has 3 rings (SSSR count). The van der Waals surface area contributed by atoms with Crippen LogP contribution in [0.1, 0.15) is 23.2 Å². The molecule has 0 spiro atoms. The lowest BCUT2D eigenvalue weighted by Crippen LogP contribution is -2.28. The summed E-state index contributed by atoms with van der Waals surface area (Å²) in [6, 6.07) is 5.80. The molecule has 1 aliphatic heterocycles. The van der Waals surface area contributed by atoms with E-state index in [1.807, 2.05) is 0 Å². The number of carbonyl (C=O) groups is 1. The van der Waals surface area contributed by atoms with Gasteiger partial charge in [-0.1, -0.05) is 0 Å². The lowest BCUT2D eigenvalue weighted by atomic mass is 10.1. The van der Waals surface area contributed by atoms with Crippen molar-refractivity contribution in [2.24, 2.45) is 0 Å². The van der Waals surface area contributed by atoms with Gasteiger partial charge in [-0.2, -0.15) is 4.31 Å². The summed E-state index contributed by atoms with van der Waals surface area (Å²) in [4.78, 5) is 11.3. The number of carboxylic acids is 1. The highest BCUT2D eigenvalue weighted by Crippen LogP contribution is 2.28. The fourth-order valence-corrected chi connectivity index (χ4v) is 4.13. The smallest absolute Gasteiger partial charge is 0.335 e. The maximum atomic E-state index is 12.6. The molecule has 0 aliphatic carbocycles. The van der Waals surface area contributed by atoms with Gasteiger partial charge in [0.15, 0.2) is 0 Å². The van der Waals surface area contributed by atoms with Crippen LogP contribution in [0.2, 0.25) is 0 Å². The Kier molecular flexibility index (Phi) is 3.76. The number of hydrogen-bond donors (Lipinski definition) is 1. The van der Waals surface area contributed by atoms with Crippen molar-refractivity contribution < 1.29 is 22.7 Å². The Balaban J connectivity index is 2.13. The summed E-state index contributed by atoms with van der Waals surface area (Å²) in [6.07, 6.45) is 4.56. The minimum absolute atomic E-state index is 0.00509. The summed E-state index contributed by atoms with van der Waals surface area (Å²) in [7, 11) is -3.67. The highest BCUT2D eigenvalue weighted by atomic mass is 32.2. The van der Waals surface area contributed by atoms with E-state index in [0.717, 1.165) is 12.8 Å². The zero-order valence-electron chi connectivity index (χ0n) is 11.7. The van der Waals surface area contributed by atoms with Crippen molar-refractivity contribution in [2.45, 2.75) is 17.7 Å². The normalized spacial score (nSPS) is 16.0. The van der Waals surface area contributed by atoms with Crippen LogP contribution in [0, 0.1) is 0 Å². The number of rotatable bonds is 4. The van der Waals surface area contributed by atoms with Crippen LogP contribution in [0.15, 0.2) is 46.1 Å². The molecule has 1 aliphatic rings. The number of hydrogen-bond acceptors (Lipinski definition) is 4. The summed E-state index contributed by atoms with van der Waals surface area (Å²) in [5.41, 5.74) is 1.09. The third-order valence-corrected chi connectivity index (χ3v) is 5.59. The molecule has 1 N–H and O–H groups in total. The van der Waals surface area contributed by atoms with Gasteiger partial charge in [0.05, 0.1) is 23.0 Å². The van der Waals surface area contributed by atoms with Crippen molar-refractivity contribution >= 4 is 16.0 Å². The first-order chi connectivity index (χ1) is 10.5. The van der Waals surface area contributed by atoms with E-state index in [1.165, 1.54) is 35.0 Å². The van der Waals surface area contributed by atoms with E-state index in [1.54, 1.807) is 6.07 Å². The molecule has 0 saturated carbocycles. The average molecular weight is 321 g/mol. The van der Waals surface area contributed by atoms with E-state index >= 15 is 0 Å². The predicted molar refractivity (Wildman–Crippen MR) is 79.1 cm³/mol. The molecule has 6 nitrogen and oxygen atoms in total. The van der Waals surface area contributed by atoms with Crippen LogP contribution in [0.3, 0.4) is 0 Å². The number of carboxylic acid groups (broad SMARTS) is 1. The minimum Gasteiger partial charge on any atom is -0.478 e. The summed E-state index contributed by atoms with van der Waals surface area (Å²) < 4.78 is 31.7. The number of furan rings is 1. The lowest BCUT2D eigenvalue weighted by Gasteiger charge is -2.16. The molecular weight excluding hydrogens is 306 g/mol. The van der Waals surface area contributed by atoms with E-state index in [9.17, 15) is 18.3 Å². The van der Waals surface area contributed by atoms with E-state index in [2.05, 4.69) is 0 Å². The first-order valence-corrected chi connectivity index (χ1v) is 8.33. The monoisotopic (exact) mass is 321 g/mol. The van der Waals surface area contributed by atoms with Crippen molar-refractivity contribution in [3.05, 3.63) is 42.4 Å². The molecule has 1 saturated heterocycles. The van der Waals surface area contributed by atoms with Gasteiger partial charge in [-0.3, -0.25) is 0 Å². The van der Waals surface area contributed by atoms with Gasteiger partial charge in [0.1, 0.15) is 0 Å². The summed E-state index contributed by atoms with van der Waals surface area (Å²) >= 11 is 0. The number of aromatic carboxylic acids is 1. The van der Waals surface area contributed by atoms with E-state index < -0.39 is 16.0 Å². The Morgan fingerprint density at radius 1 is 1.14 bits per heavy atom. The summed E-state index contributed by atoms with van der Waals surface area (Å²) in [6.45, 7) is 0.946. The second-order valence-corrected chi connectivity index (χ2v) is 7.11. The maximum absolute atomic E-state index is 12.6. The zero-order chi connectivity index (χ0) is 15.7. The molecule has 116 valence electrons. The largest absolute Gasteiger partial charge is 0.478 e.